The van der Waals surface area contributed by atoms with E-state index < -0.39 is 5.97 Å². The van der Waals surface area contributed by atoms with Crippen LogP contribution < -0.4 is 0 Å². The first kappa shape index (κ1) is 7.38. The van der Waals surface area contributed by atoms with Crippen molar-refractivity contribution >= 4 is 13.8 Å². The van der Waals surface area contributed by atoms with E-state index in [-0.39, 0.29) is 11.7 Å². The fourth-order valence-electron chi connectivity index (χ4n) is 1.05. The summed E-state index contributed by atoms with van der Waals surface area (Å²) in [5.74, 6) is -0.987. The zero-order valence-corrected chi connectivity index (χ0v) is 5.66. The smallest absolute Gasteiger partial charge is 0.310 e. The minimum absolute atomic E-state index is 0.0654. The maximum absolute atomic E-state index is 10.4. The molecule has 2 atom stereocenters. The van der Waals surface area contributed by atoms with E-state index in [1.54, 1.807) is 12.2 Å². The predicted octanol–water partition coefficient (Wildman–Crippen LogP) is 0.994. The number of carboxylic acid groups (broad SMARTS) is 1. The van der Waals surface area contributed by atoms with Gasteiger partial charge in [-0.1, -0.05) is 24.4 Å². The molecule has 10 heavy (non-hydrogen) atoms. The summed E-state index contributed by atoms with van der Waals surface area (Å²) in [6.45, 7) is 0. The highest BCUT2D eigenvalue weighted by Crippen LogP contribution is 2.23. The molecule has 0 fully saturated rings. The van der Waals surface area contributed by atoms with Gasteiger partial charge in [0.05, 0.1) is 13.8 Å². The first-order chi connectivity index (χ1) is 4.70. The lowest BCUT2D eigenvalue weighted by Crippen LogP contribution is -2.14. The van der Waals surface area contributed by atoms with Crippen LogP contribution in [0.15, 0.2) is 12.2 Å². The molecule has 1 aliphatic rings. The van der Waals surface area contributed by atoms with Crippen molar-refractivity contribution in [3.05, 3.63) is 12.2 Å². The Kier molecular flexibility index (Phi) is 2.15. The van der Waals surface area contributed by atoms with E-state index in [4.69, 9.17) is 13.0 Å². The van der Waals surface area contributed by atoms with Gasteiger partial charge in [-0.15, -0.1) is 0 Å². The third kappa shape index (κ3) is 1.63. The summed E-state index contributed by atoms with van der Waals surface area (Å²) in [7, 11) is 5.52. The van der Waals surface area contributed by atoms with Crippen molar-refractivity contribution in [1.82, 2.24) is 0 Å². The summed E-state index contributed by atoms with van der Waals surface area (Å²) < 4.78 is 0. The molecule has 3 heteroatoms. The van der Waals surface area contributed by atoms with Crippen molar-refractivity contribution in [3.63, 3.8) is 0 Å². The Labute approximate surface area is 61.3 Å². The van der Waals surface area contributed by atoms with Gasteiger partial charge in [-0.2, -0.15) is 0 Å². The maximum atomic E-state index is 10.4. The molecule has 0 aromatic carbocycles. The molecule has 0 heterocycles. The number of aliphatic carboxylic acids is 1. The molecule has 1 rings (SSSR count). The molecule has 2 nitrogen and oxygen atoms in total. The molecule has 52 valence electrons. The van der Waals surface area contributed by atoms with Crippen LogP contribution in [0, 0.1) is 5.92 Å². The molecular formula is C7H9BO2. The largest absolute Gasteiger partial charge is 0.481 e. The standard InChI is InChI=1S/C7H9BO2/c8-6-3-1-5(2-4-6)7(9)10/h1,3,5-6H,2,4H2,(H,9,10). The highest BCUT2D eigenvalue weighted by Gasteiger charge is 2.17. The van der Waals surface area contributed by atoms with Gasteiger partial charge >= 0.3 is 5.97 Å². The van der Waals surface area contributed by atoms with E-state index in [0.29, 0.717) is 6.42 Å². The Bertz CT molecular complexity index is 165. The molecular weight excluding hydrogens is 127 g/mol. The van der Waals surface area contributed by atoms with E-state index in [2.05, 4.69) is 0 Å². The van der Waals surface area contributed by atoms with E-state index in [1.807, 2.05) is 0 Å². The highest BCUT2D eigenvalue weighted by atomic mass is 16.4. The zero-order valence-electron chi connectivity index (χ0n) is 5.66. The lowest BCUT2D eigenvalue weighted by molar-refractivity contribution is -0.140. The normalized spacial score (nSPS) is 32.0. The van der Waals surface area contributed by atoms with Crippen LogP contribution in [-0.4, -0.2) is 18.9 Å². The second-order valence-electron chi connectivity index (χ2n) is 2.57. The van der Waals surface area contributed by atoms with Gasteiger partial charge in [0.25, 0.3) is 0 Å². The first-order valence-corrected chi connectivity index (χ1v) is 3.37. The van der Waals surface area contributed by atoms with Crippen LogP contribution in [0.5, 0.6) is 0 Å². The number of hydrogen-bond donors (Lipinski definition) is 1. The molecule has 0 saturated heterocycles. The molecule has 1 N–H and O–H groups in total. The average Bonchev–Trinajstić information content (AvgIpc) is 1.88. The van der Waals surface area contributed by atoms with Crippen LogP contribution in [-0.2, 0) is 4.79 Å². The van der Waals surface area contributed by atoms with Gasteiger partial charge in [0, 0.05) is 0 Å². The molecule has 0 bridgehead atoms. The zero-order chi connectivity index (χ0) is 7.56. The van der Waals surface area contributed by atoms with Crippen LogP contribution in [0.1, 0.15) is 12.8 Å². The first-order valence-electron chi connectivity index (χ1n) is 3.37. The molecule has 2 radical (unpaired) electrons. The van der Waals surface area contributed by atoms with Crippen molar-refractivity contribution in [3.8, 4) is 0 Å². The Hall–Kier alpha value is -0.725. The number of hydrogen-bond acceptors (Lipinski definition) is 1. The Morgan fingerprint density at radius 2 is 2.20 bits per heavy atom. The van der Waals surface area contributed by atoms with Crippen LogP contribution in [0.2, 0.25) is 5.82 Å². The Balaban J connectivity index is 2.53. The van der Waals surface area contributed by atoms with Crippen molar-refractivity contribution in [1.29, 1.82) is 0 Å². The van der Waals surface area contributed by atoms with Gasteiger partial charge < -0.3 is 5.11 Å². The van der Waals surface area contributed by atoms with E-state index in [9.17, 15) is 4.79 Å². The van der Waals surface area contributed by atoms with Crippen molar-refractivity contribution < 1.29 is 9.90 Å². The molecule has 0 aromatic heterocycles. The Morgan fingerprint density at radius 3 is 2.60 bits per heavy atom. The second-order valence-corrected chi connectivity index (χ2v) is 2.57. The summed E-state index contributed by atoms with van der Waals surface area (Å²) in [6, 6.07) is 0. The van der Waals surface area contributed by atoms with E-state index in [1.165, 1.54) is 0 Å². The SMILES string of the molecule is [B]C1C=CC(C(=O)O)CC1. The summed E-state index contributed by atoms with van der Waals surface area (Å²) >= 11 is 0. The van der Waals surface area contributed by atoms with Gasteiger partial charge in [0.2, 0.25) is 0 Å². The lowest BCUT2D eigenvalue weighted by atomic mass is 9.77. The highest BCUT2D eigenvalue weighted by molar-refractivity contribution is 6.13. The van der Waals surface area contributed by atoms with Crippen LogP contribution >= 0.6 is 0 Å². The van der Waals surface area contributed by atoms with Crippen LogP contribution in [0.4, 0.5) is 0 Å². The number of rotatable bonds is 1. The van der Waals surface area contributed by atoms with Crippen molar-refractivity contribution in [2.24, 2.45) is 5.92 Å². The average molecular weight is 136 g/mol. The van der Waals surface area contributed by atoms with E-state index in [0.717, 1.165) is 6.42 Å². The molecule has 0 aromatic rings. The van der Waals surface area contributed by atoms with E-state index >= 15 is 0 Å². The number of allylic oxidation sites excluding steroid dienone is 1. The van der Waals surface area contributed by atoms with Gasteiger partial charge in [-0.05, 0) is 6.42 Å². The number of carbonyl (C=O) groups is 1. The lowest BCUT2D eigenvalue weighted by Gasteiger charge is -2.16. The Morgan fingerprint density at radius 1 is 1.50 bits per heavy atom. The van der Waals surface area contributed by atoms with Crippen molar-refractivity contribution in [2.45, 2.75) is 18.7 Å². The summed E-state index contributed by atoms with van der Waals surface area (Å²) in [5, 5.41) is 8.53. The molecule has 1 aliphatic carbocycles. The molecule has 0 aliphatic heterocycles. The van der Waals surface area contributed by atoms with Crippen molar-refractivity contribution in [2.75, 3.05) is 0 Å². The summed E-state index contributed by atoms with van der Waals surface area (Å²) in [4.78, 5) is 10.4. The second kappa shape index (κ2) is 2.91. The van der Waals surface area contributed by atoms with Crippen LogP contribution in [0.25, 0.3) is 0 Å². The number of carboxylic acids is 1. The minimum atomic E-state index is -0.747. The molecule has 0 amide bonds. The van der Waals surface area contributed by atoms with Gasteiger partial charge in [-0.3, -0.25) is 4.79 Å². The van der Waals surface area contributed by atoms with Gasteiger partial charge in [-0.25, -0.2) is 0 Å². The quantitative estimate of drug-likeness (QED) is 0.431. The monoisotopic (exact) mass is 136 g/mol. The molecule has 2 unspecified atom stereocenters. The fraction of sp³-hybridized carbons (Fsp3) is 0.571. The minimum Gasteiger partial charge on any atom is -0.481 e. The molecule has 0 spiro atoms. The third-order valence-corrected chi connectivity index (χ3v) is 1.72. The van der Waals surface area contributed by atoms with Gasteiger partial charge in [0.15, 0.2) is 0 Å². The topological polar surface area (TPSA) is 37.3 Å². The predicted molar refractivity (Wildman–Crippen MR) is 39.0 cm³/mol. The van der Waals surface area contributed by atoms with Gasteiger partial charge in [0.1, 0.15) is 0 Å². The molecule has 0 saturated carbocycles. The fourth-order valence-corrected chi connectivity index (χ4v) is 1.05. The summed E-state index contributed by atoms with van der Waals surface area (Å²) in [6.07, 6.45) is 4.90. The summed E-state index contributed by atoms with van der Waals surface area (Å²) in [5.41, 5.74) is 0. The maximum Gasteiger partial charge on any atom is 0.310 e. The third-order valence-electron chi connectivity index (χ3n) is 1.72. The van der Waals surface area contributed by atoms with Crippen LogP contribution in [0.3, 0.4) is 0 Å².